The minimum absolute atomic E-state index is 0. The first kappa shape index (κ1) is 35.1. The molecule has 31 heavy (non-hydrogen) atoms. The molecule has 0 aromatic heterocycles. The Morgan fingerprint density at radius 1 is 0.581 bits per heavy atom. The van der Waals surface area contributed by atoms with Crippen molar-refractivity contribution in [2.24, 2.45) is 0 Å². The van der Waals surface area contributed by atoms with Gasteiger partial charge in [0.15, 0.2) is 0 Å². The molecule has 0 aromatic rings. The van der Waals surface area contributed by atoms with Crippen LogP contribution in [-0.4, -0.2) is 39.8 Å². The third-order valence-electron chi connectivity index (χ3n) is 6.44. The molecule has 0 N–H and O–H groups in total. The molecular formula is C24H45Cl2O2PRu2. The Labute approximate surface area is 226 Å². The summed E-state index contributed by atoms with van der Waals surface area (Å²) in [6.45, 7) is 5.44. The normalized spacial score (nSPS) is 20.1. The van der Waals surface area contributed by atoms with E-state index in [4.69, 9.17) is 0 Å². The molecule has 0 aliphatic heterocycles. The Morgan fingerprint density at radius 2 is 0.839 bits per heavy atom. The van der Waals surface area contributed by atoms with E-state index in [1.807, 2.05) is 13.8 Å². The second-order valence-electron chi connectivity index (χ2n) is 8.40. The fraction of sp³-hybridized carbons (Fsp3) is 0.917. The van der Waals surface area contributed by atoms with Crippen molar-refractivity contribution in [1.82, 2.24) is 0 Å². The molecule has 3 aliphatic carbocycles. The van der Waals surface area contributed by atoms with Crippen molar-refractivity contribution in [1.29, 1.82) is 0 Å². The van der Waals surface area contributed by atoms with Crippen molar-refractivity contribution in [2.45, 2.75) is 127 Å². The quantitative estimate of drug-likeness (QED) is 0.299. The van der Waals surface area contributed by atoms with Crippen LogP contribution < -0.4 is 24.8 Å². The second-order valence-corrected chi connectivity index (χ2v) is 12.3. The zero-order chi connectivity index (χ0) is 21.2. The van der Waals surface area contributed by atoms with E-state index in [0.29, 0.717) is 7.92 Å². The summed E-state index contributed by atoms with van der Waals surface area (Å²) in [6.07, 6.45) is 23.6. The van der Waals surface area contributed by atoms with Crippen LogP contribution in [0.1, 0.15) is 110 Å². The van der Waals surface area contributed by atoms with Crippen molar-refractivity contribution in [3.63, 3.8) is 0 Å². The summed E-state index contributed by atoms with van der Waals surface area (Å²) in [7, 11) is 0.385. The van der Waals surface area contributed by atoms with E-state index in [-0.39, 0.29) is 24.8 Å². The summed E-state index contributed by atoms with van der Waals surface area (Å²) in [4.78, 5) is 3.22. The average molecular weight is 670 g/mol. The Morgan fingerprint density at radius 3 is 1.00 bits per heavy atom. The first-order valence-electron chi connectivity index (χ1n) is 12.1. The van der Waals surface area contributed by atoms with Gasteiger partial charge in [-0.25, -0.2) is 0 Å². The SMILES string of the molecule is C1CCC(P(C2CCCCC2)C2CCCCC2)CC1.CCO[CH]=[Ru+].CCO[CH]=[Ru+].[Cl-].[Cl-]. The molecule has 0 amide bonds. The van der Waals surface area contributed by atoms with Crippen LogP contribution in [0.4, 0.5) is 0 Å². The summed E-state index contributed by atoms with van der Waals surface area (Å²) in [6, 6.07) is 0. The van der Waals surface area contributed by atoms with E-state index in [9.17, 15) is 0 Å². The van der Waals surface area contributed by atoms with Crippen LogP contribution in [0.5, 0.6) is 0 Å². The van der Waals surface area contributed by atoms with Crippen LogP contribution in [0.15, 0.2) is 0 Å². The Hall–Kier alpha value is 1.92. The van der Waals surface area contributed by atoms with E-state index in [1.54, 1.807) is 86.6 Å². The minimum Gasteiger partial charge on any atom is -1.00 e. The van der Waals surface area contributed by atoms with Crippen LogP contribution >= 0.6 is 7.92 Å². The molecular weight excluding hydrogens is 624 g/mol. The first-order chi connectivity index (χ1) is 14.3. The third kappa shape index (κ3) is 16.3. The summed E-state index contributed by atoms with van der Waals surface area (Å²) < 4.78 is 9.35. The van der Waals surface area contributed by atoms with Crippen LogP contribution in [0, 0.1) is 0 Å². The summed E-state index contributed by atoms with van der Waals surface area (Å²) in [5, 5.41) is 0. The van der Waals surface area contributed by atoms with Gasteiger partial charge in [-0.1, -0.05) is 65.7 Å². The predicted octanol–water partition coefficient (Wildman–Crippen LogP) is 1.13. The Bertz CT molecular complexity index is 348. The van der Waals surface area contributed by atoms with Crippen molar-refractivity contribution < 1.29 is 70.0 Å². The maximum absolute atomic E-state index is 4.68. The molecule has 0 heterocycles. The Kier molecular flexibility index (Phi) is 28.3. The maximum Gasteiger partial charge on any atom is -1.00 e. The third-order valence-corrected chi connectivity index (χ3v) is 11.1. The fourth-order valence-electron chi connectivity index (χ4n) is 5.15. The van der Waals surface area contributed by atoms with E-state index in [2.05, 4.69) is 45.2 Å². The number of halogens is 2. The molecule has 3 fully saturated rings. The zero-order valence-electron chi connectivity index (χ0n) is 19.6. The monoisotopic (exact) mass is 670 g/mol. The molecule has 0 unspecified atom stereocenters. The largest absolute Gasteiger partial charge is 1.00 e. The van der Waals surface area contributed by atoms with Crippen LogP contribution in [0.25, 0.3) is 0 Å². The summed E-state index contributed by atoms with van der Waals surface area (Å²) in [5.74, 6) is 0. The molecule has 3 aliphatic rings. The van der Waals surface area contributed by atoms with E-state index in [1.165, 1.54) is 36.2 Å². The van der Waals surface area contributed by atoms with Crippen molar-refractivity contribution >= 4 is 17.5 Å². The van der Waals surface area contributed by atoms with E-state index < -0.39 is 0 Å². The summed E-state index contributed by atoms with van der Waals surface area (Å²) >= 11 is 4.55. The molecule has 0 radical (unpaired) electrons. The second kappa shape index (κ2) is 25.0. The van der Waals surface area contributed by atoms with Crippen LogP contribution in [0.3, 0.4) is 0 Å². The zero-order valence-corrected chi connectivity index (χ0v) is 25.5. The number of ether oxygens (including phenoxy) is 2. The molecule has 3 saturated carbocycles. The number of hydrogen-bond donors (Lipinski definition) is 0. The predicted molar refractivity (Wildman–Crippen MR) is 123 cm³/mol. The summed E-state index contributed by atoms with van der Waals surface area (Å²) in [5.41, 5.74) is 3.57. The van der Waals surface area contributed by atoms with Crippen LogP contribution in [-0.2, 0) is 45.2 Å². The van der Waals surface area contributed by atoms with Gasteiger partial charge in [0.1, 0.15) is 0 Å². The van der Waals surface area contributed by atoms with Gasteiger partial charge in [0.2, 0.25) is 0 Å². The molecule has 188 valence electrons. The van der Waals surface area contributed by atoms with Gasteiger partial charge in [-0.15, -0.1) is 0 Å². The van der Waals surface area contributed by atoms with Gasteiger partial charge in [-0.3, -0.25) is 0 Å². The van der Waals surface area contributed by atoms with Gasteiger partial charge < -0.3 is 24.8 Å². The molecule has 0 spiro atoms. The van der Waals surface area contributed by atoms with Gasteiger partial charge in [-0.2, -0.15) is 0 Å². The average Bonchev–Trinajstić information content (AvgIpc) is 2.78. The number of hydrogen-bond acceptors (Lipinski definition) is 2. The fourth-order valence-corrected chi connectivity index (χ4v) is 10.4. The van der Waals surface area contributed by atoms with Crippen LogP contribution in [0.2, 0.25) is 0 Å². The molecule has 0 aromatic carbocycles. The maximum atomic E-state index is 4.68. The topological polar surface area (TPSA) is 18.5 Å². The van der Waals surface area contributed by atoms with Crippen molar-refractivity contribution in [2.75, 3.05) is 13.2 Å². The van der Waals surface area contributed by atoms with Gasteiger partial charge in [0.25, 0.3) is 0 Å². The molecule has 0 saturated heterocycles. The molecule has 0 atom stereocenters. The molecule has 7 heteroatoms. The molecule has 0 bridgehead atoms. The molecule has 2 nitrogen and oxygen atoms in total. The van der Waals surface area contributed by atoms with Gasteiger partial charge in [-0.05, 0) is 55.5 Å². The molecule has 3 rings (SSSR count). The first-order valence-corrected chi connectivity index (χ1v) is 15.7. The Balaban J connectivity index is 0. The van der Waals surface area contributed by atoms with Crippen molar-refractivity contribution in [3.05, 3.63) is 0 Å². The van der Waals surface area contributed by atoms with E-state index >= 15 is 0 Å². The van der Waals surface area contributed by atoms with Crippen molar-refractivity contribution in [3.8, 4) is 0 Å². The van der Waals surface area contributed by atoms with Gasteiger partial charge in [0, 0.05) is 0 Å². The number of rotatable bonds is 7. The van der Waals surface area contributed by atoms with Gasteiger partial charge >= 0.3 is 81.8 Å². The minimum atomic E-state index is 0. The van der Waals surface area contributed by atoms with Gasteiger partial charge in [0.05, 0.1) is 0 Å². The van der Waals surface area contributed by atoms with E-state index in [0.717, 1.165) is 13.2 Å². The standard InChI is InChI=1S/C18H33P.2C3H6O.2ClH.2Ru/c1-4-10-16(11-5-1)19(17-12-6-2-7-13-17)18-14-8-3-9-15-18;2*1-3-4-2;;;;/h16-18H,1-15H2;2*2H,3H2,1H3;2*1H;;/q;;;;;2*+1/p-2. The smallest absolute Gasteiger partial charge is 1.00 e.